The van der Waals surface area contributed by atoms with Crippen molar-refractivity contribution in [3.05, 3.63) is 53.6 Å². The molecule has 0 bridgehead atoms. The third kappa shape index (κ3) is 2.49. The van der Waals surface area contributed by atoms with Crippen LogP contribution in [0, 0.1) is 0 Å². The van der Waals surface area contributed by atoms with Crippen molar-refractivity contribution in [1.82, 2.24) is 0 Å². The molecule has 0 aliphatic carbocycles. The highest BCUT2D eigenvalue weighted by atomic mass is 19.4. The summed E-state index contributed by atoms with van der Waals surface area (Å²) in [5.41, 5.74) is 5.92. The van der Waals surface area contributed by atoms with Crippen LogP contribution in [-0.2, 0) is 11.0 Å². The Bertz CT molecular complexity index is 853. The van der Waals surface area contributed by atoms with Crippen LogP contribution < -0.4 is 20.1 Å². The van der Waals surface area contributed by atoms with E-state index in [0.29, 0.717) is 17.1 Å². The lowest BCUT2D eigenvalue weighted by molar-refractivity contribution is -0.137. The minimum Gasteiger partial charge on any atom is -0.454 e. The molecule has 4 rings (SSSR count). The summed E-state index contributed by atoms with van der Waals surface area (Å²) in [6.07, 6.45) is -4.49. The van der Waals surface area contributed by atoms with Gasteiger partial charge in [-0.3, -0.25) is 4.79 Å². The number of halogens is 3. The number of anilines is 1. The van der Waals surface area contributed by atoms with Gasteiger partial charge in [-0.05, 0) is 35.9 Å². The number of benzene rings is 2. The van der Waals surface area contributed by atoms with Gasteiger partial charge in [0.1, 0.15) is 6.04 Å². The molecule has 2 heterocycles. The van der Waals surface area contributed by atoms with Gasteiger partial charge < -0.3 is 20.1 Å². The molecule has 1 amide bonds. The number of carbonyl (C=O) groups is 1. The van der Waals surface area contributed by atoms with Crippen molar-refractivity contribution in [2.75, 3.05) is 11.7 Å². The van der Waals surface area contributed by atoms with Gasteiger partial charge in [0.25, 0.3) is 0 Å². The average molecular weight is 350 g/mol. The Labute approximate surface area is 140 Å². The molecule has 5 nitrogen and oxygen atoms in total. The molecule has 2 aromatic rings. The van der Waals surface area contributed by atoms with Crippen LogP contribution in [0.5, 0.6) is 11.5 Å². The summed E-state index contributed by atoms with van der Waals surface area (Å²) < 4.78 is 49.4. The van der Waals surface area contributed by atoms with E-state index in [-0.39, 0.29) is 12.5 Å². The molecule has 1 fully saturated rings. The first-order chi connectivity index (χ1) is 11.9. The number of amides is 1. The number of rotatable bonds is 2. The van der Waals surface area contributed by atoms with E-state index in [1.807, 2.05) is 0 Å². The number of ether oxygens (including phenoxy) is 2. The van der Waals surface area contributed by atoms with Crippen molar-refractivity contribution < 1.29 is 27.4 Å². The van der Waals surface area contributed by atoms with Crippen molar-refractivity contribution in [3.63, 3.8) is 0 Å². The van der Waals surface area contributed by atoms with Crippen molar-refractivity contribution in [2.24, 2.45) is 5.73 Å². The Morgan fingerprint density at radius 3 is 2.60 bits per heavy atom. The molecular weight excluding hydrogens is 337 g/mol. The molecule has 0 saturated carbocycles. The molecule has 2 N–H and O–H groups in total. The second-order valence-corrected chi connectivity index (χ2v) is 5.84. The topological polar surface area (TPSA) is 64.8 Å². The van der Waals surface area contributed by atoms with Crippen LogP contribution in [0.25, 0.3) is 0 Å². The molecule has 2 aliphatic heterocycles. The van der Waals surface area contributed by atoms with Crippen LogP contribution in [0.4, 0.5) is 18.9 Å². The summed E-state index contributed by atoms with van der Waals surface area (Å²) in [6.45, 7) is 0.103. The van der Waals surface area contributed by atoms with Gasteiger partial charge in [-0.1, -0.05) is 12.1 Å². The molecule has 2 aliphatic rings. The molecule has 2 aromatic carbocycles. The molecule has 130 valence electrons. The predicted molar refractivity (Wildman–Crippen MR) is 82.2 cm³/mol. The zero-order valence-corrected chi connectivity index (χ0v) is 12.8. The Hall–Kier alpha value is -2.74. The van der Waals surface area contributed by atoms with Crippen LogP contribution in [0.1, 0.15) is 17.2 Å². The van der Waals surface area contributed by atoms with Crippen LogP contribution in [0.15, 0.2) is 42.5 Å². The normalized spacial score (nSPS) is 22.1. The van der Waals surface area contributed by atoms with E-state index in [2.05, 4.69) is 0 Å². The minimum absolute atomic E-state index is 0.103. The molecule has 0 spiro atoms. The highest BCUT2D eigenvalue weighted by Gasteiger charge is 2.47. The Kier molecular flexibility index (Phi) is 3.40. The lowest BCUT2D eigenvalue weighted by atomic mass is 9.88. The SMILES string of the molecule is N[C@H]1C(=O)N(c2cccc(C(F)(F)F)c2)[C@@H]1c1ccc2c(c1)OCO2. The highest BCUT2D eigenvalue weighted by molar-refractivity contribution is 6.05. The maximum absolute atomic E-state index is 12.9. The first-order valence-corrected chi connectivity index (χ1v) is 7.52. The largest absolute Gasteiger partial charge is 0.454 e. The molecule has 2 atom stereocenters. The highest BCUT2D eigenvalue weighted by Crippen LogP contribution is 2.43. The van der Waals surface area contributed by atoms with Gasteiger partial charge in [0, 0.05) is 5.69 Å². The molecule has 0 aromatic heterocycles. The second kappa shape index (κ2) is 5.38. The third-order valence-corrected chi connectivity index (χ3v) is 4.33. The van der Waals surface area contributed by atoms with Crippen molar-refractivity contribution in [2.45, 2.75) is 18.3 Å². The fraction of sp³-hybridized carbons (Fsp3) is 0.235. The average Bonchev–Trinajstić information content (AvgIpc) is 3.05. The van der Waals surface area contributed by atoms with Crippen LogP contribution >= 0.6 is 0 Å². The van der Waals surface area contributed by atoms with E-state index >= 15 is 0 Å². The second-order valence-electron chi connectivity index (χ2n) is 5.84. The number of hydrogen-bond donors (Lipinski definition) is 1. The van der Waals surface area contributed by atoms with Gasteiger partial charge in [0.15, 0.2) is 11.5 Å². The van der Waals surface area contributed by atoms with Gasteiger partial charge in [0.2, 0.25) is 12.7 Å². The zero-order chi connectivity index (χ0) is 17.8. The number of β-lactam (4-membered cyclic amide) rings is 1. The predicted octanol–water partition coefficient (Wildman–Crippen LogP) is 2.85. The van der Waals surface area contributed by atoms with E-state index < -0.39 is 29.7 Å². The van der Waals surface area contributed by atoms with Gasteiger partial charge in [-0.15, -0.1) is 0 Å². The van der Waals surface area contributed by atoms with Crippen LogP contribution in [0.3, 0.4) is 0 Å². The van der Waals surface area contributed by atoms with Crippen molar-refractivity contribution >= 4 is 11.6 Å². The summed E-state index contributed by atoms with van der Waals surface area (Å²) in [4.78, 5) is 13.5. The number of carbonyl (C=O) groups excluding carboxylic acids is 1. The van der Waals surface area contributed by atoms with Gasteiger partial charge >= 0.3 is 6.18 Å². The first-order valence-electron chi connectivity index (χ1n) is 7.52. The third-order valence-electron chi connectivity index (χ3n) is 4.33. The number of nitrogens with two attached hydrogens (primary N) is 1. The smallest absolute Gasteiger partial charge is 0.416 e. The van der Waals surface area contributed by atoms with E-state index in [9.17, 15) is 18.0 Å². The molecule has 25 heavy (non-hydrogen) atoms. The number of alkyl halides is 3. The maximum atomic E-state index is 12.9. The van der Waals surface area contributed by atoms with Crippen molar-refractivity contribution in [3.8, 4) is 11.5 Å². The van der Waals surface area contributed by atoms with Gasteiger partial charge in [0.05, 0.1) is 11.6 Å². The fourth-order valence-corrected chi connectivity index (χ4v) is 3.08. The lowest BCUT2D eigenvalue weighted by Crippen LogP contribution is -2.63. The summed E-state index contributed by atoms with van der Waals surface area (Å²) in [7, 11) is 0. The number of nitrogens with zero attached hydrogens (tertiary/aromatic N) is 1. The zero-order valence-electron chi connectivity index (χ0n) is 12.8. The van der Waals surface area contributed by atoms with E-state index in [4.69, 9.17) is 15.2 Å². The number of fused-ring (bicyclic) bond motifs is 1. The molecule has 1 saturated heterocycles. The monoisotopic (exact) mass is 350 g/mol. The summed E-state index contributed by atoms with van der Waals surface area (Å²) >= 11 is 0. The first kappa shape index (κ1) is 15.8. The van der Waals surface area contributed by atoms with E-state index in [1.54, 1.807) is 18.2 Å². The van der Waals surface area contributed by atoms with Gasteiger partial charge in [-0.25, -0.2) is 0 Å². The molecular formula is C17H13F3N2O3. The Morgan fingerprint density at radius 2 is 1.84 bits per heavy atom. The summed E-state index contributed by atoms with van der Waals surface area (Å²) in [5, 5.41) is 0. The standard InChI is InChI=1S/C17H13F3N2O3/c18-17(19,20)10-2-1-3-11(7-10)22-15(14(21)16(22)23)9-4-5-12-13(6-9)25-8-24-12/h1-7,14-15H,8,21H2/t14-,15-/m1/s1. The van der Waals surface area contributed by atoms with Crippen LogP contribution in [0.2, 0.25) is 0 Å². The Morgan fingerprint density at radius 1 is 1.08 bits per heavy atom. The summed E-state index contributed by atoms with van der Waals surface area (Å²) in [5.74, 6) is 0.670. The van der Waals surface area contributed by atoms with E-state index in [1.165, 1.54) is 17.0 Å². The minimum atomic E-state index is -4.49. The number of hydrogen-bond acceptors (Lipinski definition) is 4. The van der Waals surface area contributed by atoms with Crippen LogP contribution in [-0.4, -0.2) is 18.7 Å². The molecule has 0 unspecified atom stereocenters. The lowest BCUT2D eigenvalue weighted by Gasteiger charge is -2.45. The quantitative estimate of drug-likeness (QED) is 0.846. The summed E-state index contributed by atoms with van der Waals surface area (Å²) in [6, 6.07) is 8.36. The fourth-order valence-electron chi connectivity index (χ4n) is 3.08. The van der Waals surface area contributed by atoms with Gasteiger partial charge in [-0.2, -0.15) is 13.2 Å². The molecule has 0 radical (unpaired) electrons. The molecule has 8 heteroatoms. The Balaban J connectivity index is 1.71. The maximum Gasteiger partial charge on any atom is 0.416 e. The van der Waals surface area contributed by atoms with E-state index in [0.717, 1.165) is 12.1 Å². The van der Waals surface area contributed by atoms with Crippen molar-refractivity contribution in [1.29, 1.82) is 0 Å².